The molecule has 5 N–H and O–H groups in total. The molecule has 1 saturated carbocycles. The lowest BCUT2D eigenvalue weighted by atomic mass is 9.93. The number of rotatable bonds is 13. The molecule has 20 heteroatoms. The second-order valence-electron chi connectivity index (χ2n) is 18.6. The minimum absolute atomic E-state index is 0.0705. The number of benzene rings is 2. The van der Waals surface area contributed by atoms with Gasteiger partial charge in [0.15, 0.2) is 17.1 Å². The van der Waals surface area contributed by atoms with E-state index in [2.05, 4.69) is 45.5 Å². The van der Waals surface area contributed by atoms with Crippen molar-refractivity contribution in [2.24, 2.45) is 5.73 Å². The summed E-state index contributed by atoms with van der Waals surface area (Å²) in [6.45, 7) is 8.83. The number of aromatic amines is 2. The number of carbonyl (C=O) groups is 1. The Bertz CT molecular complexity index is 3360. The molecular formula is C49H49F2N15O3. The smallest absolute Gasteiger partial charge is 0.315 e. The Morgan fingerprint density at radius 2 is 1.57 bits per heavy atom. The third kappa shape index (κ3) is 8.77. The van der Waals surface area contributed by atoms with Crippen LogP contribution in [0.2, 0.25) is 0 Å². The van der Waals surface area contributed by atoms with E-state index in [0.29, 0.717) is 106 Å². The van der Waals surface area contributed by atoms with E-state index in [9.17, 15) is 4.79 Å². The van der Waals surface area contributed by atoms with Crippen LogP contribution in [0.1, 0.15) is 85.5 Å². The van der Waals surface area contributed by atoms with Gasteiger partial charge in [0.25, 0.3) is 0 Å². The fourth-order valence-corrected chi connectivity index (χ4v) is 8.68. The molecule has 1 aliphatic heterocycles. The van der Waals surface area contributed by atoms with Gasteiger partial charge in [-0.3, -0.25) is 19.1 Å². The molecule has 11 rings (SSSR count). The number of ether oxygens (including phenoxy) is 1. The molecule has 2 fully saturated rings. The van der Waals surface area contributed by atoms with Gasteiger partial charge in [0, 0.05) is 79.0 Å². The number of fused-ring (bicyclic) bond motifs is 2. The van der Waals surface area contributed by atoms with Crippen LogP contribution in [0.25, 0.3) is 67.4 Å². The van der Waals surface area contributed by atoms with Crippen molar-refractivity contribution in [3.05, 3.63) is 120 Å². The predicted molar refractivity (Wildman–Crippen MR) is 251 cm³/mol. The van der Waals surface area contributed by atoms with E-state index < -0.39 is 11.7 Å². The van der Waals surface area contributed by atoms with Crippen molar-refractivity contribution < 1.29 is 22.8 Å². The molecule has 0 bridgehead atoms. The van der Waals surface area contributed by atoms with Crippen molar-refractivity contribution in [2.45, 2.75) is 77.2 Å². The van der Waals surface area contributed by atoms with Crippen LogP contribution >= 0.6 is 0 Å². The Morgan fingerprint density at radius 1 is 0.841 bits per heavy atom. The van der Waals surface area contributed by atoms with Crippen LogP contribution in [-0.4, -0.2) is 96.7 Å². The lowest BCUT2D eigenvalue weighted by Crippen LogP contribution is -2.40. The first-order chi connectivity index (χ1) is 33.4. The van der Waals surface area contributed by atoms with Crippen molar-refractivity contribution in [1.82, 2.24) is 69.8 Å². The van der Waals surface area contributed by atoms with Gasteiger partial charge in [0.2, 0.25) is 0 Å². The number of aromatic nitrogens is 12. The molecule has 1 amide bonds. The average Bonchev–Trinajstić information content (AvgIpc) is 4.19. The molecule has 0 radical (unpaired) electrons. The van der Waals surface area contributed by atoms with Gasteiger partial charge >= 0.3 is 11.8 Å². The van der Waals surface area contributed by atoms with E-state index in [1.165, 1.54) is 18.6 Å². The van der Waals surface area contributed by atoms with Gasteiger partial charge < -0.3 is 30.3 Å². The number of pyridine rings is 2. The fourth-order valence-electron chi connectivity index (χ4n) is 8.68. The lowest BCUT2D eigenvalue weighted by Gasteiger charge is -2.32. The zero-order valence-electron chi connectivity index (χ0n) is 38.2. The quantitative estimate of drug-likeness (QED) is 0.0883. The predicted octanol–water partition coefficient (Wildman–Crippen LogP) is 7.44. The van der Waals surface area contributed by atoms with Crippen molar-refractivity contribution >= 4 is 28.2 Å². The molecule has 18 nitrogen and oxygen atoms in total. The van der Waals surface area contributed by atoms with Crippen LogP contribution in [0.4, 0.5) is 8.78 Å². The summed E-state index contributed by atoms with van der Waals surface area (Å²) >= 11 is 0. The Balaban J connectivity index is 0.771. The number of H-pyrrole nitrogens is 2. The number of nitrogens with two attached hydrogens (primary N) is 1. The van der Waals surface area contributed by atoms with E-state index in [1.54, 1.807) is 36.7 Å². The van der Waals surface area contributed by atoms with Crippen molar-refractivity contribution in [3.8, 4) is 45.0 Å². The number of carbonyl (C=O) groups excluding carboxylic acids is 1. The third-order valence-electron chi connectivity index (χ3n) is 12.9. The van der Waals surface area contributed by atoms with E-state index >= 15 is 8.78 Å². The van der Waals surface area contributed by atoms with E-state index in [1.807, 2.05) is 60.9 Å². The fraction of sp³-hybridized carbons (Fsp3) is 0.327. The number of morpholine rings is 1. The van der Waals surface area contributed by atoms with E-state index in [0.717, 1.165) is 36.1 Å². The Hall–Kier alpha value is -7.55. The van der Waals surface area contributed by atoms with Gasteiger partial charge in [-0.05, 0) is 54.7 Å². The highest BCUT2D eigenvalue weighted by molar-refractivity contribution is 5.93. The first-order valence-corrected chi connectivity index (χ1v) is 23.0. The zero-order chi connectivity index (χ0) is 47.4. The van der Waals surface area contributed by atoms with Crippen LogP contribution in [0.15, 0.2) is 84.0 Å². The largest absolute Gasteiger partial charge is 0.369 e. The molecule has 2 aliphatic rings. The number of hydrogen-bond donors (Lipinski definition) is 4. The second kappa shape index (κ2) is 17.8. The van der Waals surface area contributed by atoms with Gasteiger partial charge in [-0.2, -0.15) is 15.2 Å². The summed E-state index contributed by atoms with van der Waals surface area (Å²) in [5.41, 5.74) is 13.6. The minimum Gasteiger partial charge on any atom is -0.369 e. The summed E-state index contributed by atoms with van der Waals surface area (Å²) < 4.78 is 46.0. The Morgan fingerprint density at radius 3 is 2.29 bits per heavy atom. The number of halogens is 2. The molecule has 9 aromatic rings. The van der Waals surface area contributed by atoms with E-state index in [-0.39, 0.29) is 36.3 Å². The molecule has 1 atom stereocenters. The number of nitrogens with one attached hydrogen (secondary N) is 3. The zero-order valence-corrected chi connectivity index (χ0v) is 38.2. The molecule has 1 aliphatic carbocycles. The van der Waals surface area contributed by atoms with Gasteiger partial charge in [-0.15, -0.1) is 0 Å². The summed E-state index contributed by atoms with van der Waals surface area (Å²) in [7, 11) is 0. The highest BCUT2D eigenvalue weighted by Crippen LogP contribution is 2.36. The first-order valence-electron chi connectivity index (χ1n) is 23.0. The molecule has 7 aromatic heterocycles. The number of nitrogens with zero attached hydrogens (tertiary/aromatic N) is 11. The highest BCUT2D eigenvalue weighted by Gasteiger charge is 2.28. The SMILES string of the molecule is CC(C)(C)c1noc(C(=O)NCc2ccc(-c3ccnc4nc(-c5cnn(CCN6CCOC(c7cc(-c8ccc(CN)c(F)c8)c8[nH]c(-c9cnn(C%10CCC%10)c9)nc8n7)C6)c5)[nH]c34)cc2F)n1. The van der Waals surface area contributed by atoms with Crippen LogP contribution in [0.3, 0.4) is 0 Å². The highest BCUT2D eigenvalue weighted by atomic mass is 19.1. The second-order valence-corrected chi connectivity index (χ2v) is 18.6. The maximum Gasteiger partial charge on any atom is 0.315 e. The van der Waals surface area contributed by atoms with Gasteiger partial charge in [-0.25, -0.2) is 28.7 Å². The maximum absolute atomic E-state index is 15.5. The molecule has 69 heavy (non-hydrogen) atoms. The molecule has 2 aromatic carbocycles. The Labute approximate surface area is 393 Å². The summed E-state index contributed by atoms with van der Waals surface area (Å²) in [6.07, 6.45) is 12.2. The average molecular weight is 934 g/mol. The standard InChI is InChI=1S/C49H49F2N15O3/c1-49(2,3)48-62-47(69-63-48)46(67)54-21-30-10-8-27(17-37(30)51)34-11-12-53-44-40(34)58-42(60-44)31-22-55-65(24-31)14-13-64-15-16-68-39(26-64)38-19-35(28-7-9-29(20-52)36(50)18-28)41-45(57-38)61-43(59-41)32-23-56-66(25-32)33-5-4-6-33/h7-12,17-19,22-25,33,39H,4-6,13-16,20-21,26,52H2,1-3H3,(H,54,67)(H,53,58,60)(H,57,59,61). The summed E-state index contributed by atoms with van der Waals surface area (Å²) in [6, 6.07) is 14.1. The number of imidazole rings is 2. The molecular weight excluding hydrogens is 885 g/mol. The summed E-state index contributed by atoms with van der Waals surface area (Å²) in [5.74, 6) is -0.0119. The number of hydrogen-bond acceptors (Lipinski definition) is 13. The molecule has 8 heterocycles. The maximum atomic E-state index is 15.5. The lowest BCUT2D eigenvalue weighted by molar-refractivity contribution is -0.0330. The molecule has 1 saturated heterocycles. The van der Waals surface area contributed by atoms with Gasteiger partial charge in [0.05, 0.1) is 59.4 Å². The molecule has 352 valence electrons. The van der Waals surface area contributed by atoms with Crippen LogP contribution in [0, 0.1) is 11.6 Å². The Kier molecular flexibility index (Phi) is 11.4. The van der Waals surface area contributed by atoms with Crippen LogP contribution < -0.4 is 11.1 Å². The van der Waals surface area contributed by atoms with Crippen LogP contribution in [-0.2, 0) is 29.8 Å². The van der Waals surface area contributed by atoms with Crippen LogP contribution in [0.5, 0.6) is 0 Å². The van der Waals surface area contributed by atoms with Crippen molar-refractivity contribution in [3.63, 3.8) is 0 Å². The van der Waals surface area contributed by atoms with E-state index in [4.69, 9.17) is 29.9 Å². The van der Waals surface area contributed by atoms with Crippen molar-refractivity contribution in [1.29, 1.82) is 0 Å². The van der Waals surface area contributed by atoms with Crippen molar-refractivity contribution in [2.75, 3.05) is 26.2 Å². The minimum atomic E-state index is -0.587. The van der Waals surface area contributed by atoms with Gasteiger partial charge in [-0.1, -0.05) is 50.2 Å². The van der Waals surface area contributed by atoms with Gasteiger partial charge in [0.1, 0.15) is 29.4 Å². The third-order valence-corrected chi connectivity index (χ3v) is 12.9. The topological polar surface area (TPSA) is 225 Å². The molecule has 0 spiro atoms. The molecule has 1 unspecified atom stereocenters. The summed E-state index contributed by atoms with van der Waals surface area (Å²) in [4.78, 5) is 45.2. The normalized spacial score (nSPS) is 15.9. The number of amides is 1. The first kappa shape index (κ1) is 44.0. The monoisotopic (exact) mass is 933 g/mol. The summed E-state index contributed by atoms with van der Waals surface area (Å²) in [5, 5.41) is 15.8.